The molecule has 1 nitrogen and oxygen atoms in total. The number of hydrogen-bond donors (Lipinski definition) is 0. The minimum atomic E-state index is 1.32. The number of rotatable bonds is 0. The van der Waals surface area contributed by atoms with Gasteiger partial charge >= 0.3 is 0 Å². The lowest BCUT2D eigenvalue weighted by Crippen LogP contribution is -1.85. The van der Waals surface area contributed by atoms with Gasteiger partial charge in [-0.3, -0.25) is 0 Å². The third-order valence-electron chi connectivity index (χ3n) is 2.44. The van der Waals surface area contributed by atoms with E-state index in [2.05, 4.69) is 19.1 Å². The fourth-order valence-corrected chi connectivity index (χ4v) is 1.60. The van der Waals surface area contributed by atoms with Crippen LogP contribution in [-0.4, -0.2) is 0 Å². The molecule has 2 rings (SSSR count). The summed E-state index contributed by atoms with van der Waals surface area (Å²) in [6.45, 7) is 3.51. The molecule has 1 aromatic rings. The molecule has 1 heteroatoms. The van der Waals surface area contributed by atoms with E-state index in [0.29, 0.717) is 0 Å². The Bertz CT molecular complexity index is 256. The number of nitriles is 1. The van der Waals surface area contributed by atoms with Gasteiger partial charge in [0.2, 0.25) is 0 Å². The van der Waals surface area contributed by atoms with Gasteiger partial charge in [-0.2, -0.15) is 5.26 Å². The highest BCUT2D eigenvalue weighted by molar-refractivity contribution is 5.11. The Morgan fingerprint density at radius 1 is 0.875 bits per heavy atom. The Hall–Kier alpha value is -1.29. The summed E-state index contributed by atoms with van der Waals surface area (Å²) >= 11 is 0. The van der Waals surface area contributed by atoms with E-state index in [4.69, 9.17) is 5.26 Å². The highest BCUT2D eigenvalue weighted by Crippen LogP contribution is 2.15. The fourth-order valence-electron chi connectivity index (χ4n) is 1.60. The molecule has 1 aliphatic carbocycles. The molecule has 0 amide bonds. The van der Waals surface area contributed by atoms with Crippen molar-refractivity contribution in [3.8, 4) is 6.07 Å². The predicted octanol–water partition coefficient (Wildman–Crippen LogP) is 4.87. The van der Waals surface area contributed by atoms with Gasteiger partial charge in [0.25, 0.3) is 0 Å². The van der Waals surface area contributed by atoms with Gasteiger partial charge in [-0.05, 0) is 6.92 Å². The van der Waals surface area contributed by atoms with E-state index in [0.717, 1.165) is 0 Å². The van der Waals surface area contributed by atoms with Crippen molar-refractivity contribution in [1.29, 1.82) is 5.26 Å². The molecule has 0 aromatic heterocycles. The molecule has 0 N–H and O–H groups in total. The van der Waals surface area contributed by atoms with Crippen LogP contribution in [-0.2, 0) is 0 Å². The zero-order valence-electron chi connectivity index (χ0n) is 10.6. The van der Waals surface area contributed by atoms with Crippen LogP contribution in [0.15, 0.2) is 30.3 Å². The molecule has 1 saturated carbocycles. The van der Waals surface area contributed by atoms with Crippen molar-refractivity contribution in [2.24, 2.45) is 0 Å². The molecule has 88 valence electrons. The van der Waals surface area contributed by atoms with Crippen molar-refractivity contribution in [3.05, 3.63) is 35.9 Å². The van der Waals surface area contributed by atoms with E-state index < -0.39 is 0 Å². The SMILES string of the molecule is C1CCCCC1.CC#N.Cc1ccccc1. The first-order valence-corrected chi connectivity index (χ1v) is 6.13. The molecule has 1 fully saturated rings. The quantitative estimate of drug-likeness (QED) is 0.608. The third kappa shape index (κ3) is 10.8. The maximum absolute atomic E-state index is 7.32. The second-order valence-electron chi connectivity index (χ2n) is 4.00. The van der Waals surface area contributed by atoms with Gasteiger partial charge in [0.1, 0.15) is 0 Å². The van der Waals surface area contributed by atoms with E-state index in [-0.39, 0.29) is 0 Å². The molecule has 0 saturated heterocycles. The van der Waals surface area contributed by atoms with Gasteiger partial charge in [-0.15, -0.1) is 0 Å². The summed E-state index contributed by atoms with van der Waals surface area (Å²) in [4.78, 5) is 0. The van der Waals surface area contributed by atoms with E-state index in [1.807, 2.05) is 18.2 Å². The minimum absolute atomic E-state index is 1.32. The first kappa shape index (κ1) is 14.7. The lowest BCUT2D eigenvalue weighted by molar-refractivity contribution is 0.504. The average molecular weight is 217 g/mol. The summed E-state index contributed by atoms with van der Waals surface area (Å²) in [6.07, 6.45) is 9.00. The molecular weight excluding hydrogens is 194 g/mol. The molecule has 0 unspecified atom stereocenters. The summed E-state index contributed by atoms with van der Waals surface area (Å²) in [5.74, 6) is 0. The molecule has 0 atom stereocenters. The monoisotopic (exact) mass is 217 g/mol. The molecule has 1 aliphatic rings. The second kappa shape index (κ2) is 11.8. The summed E-state index contributed by atoms with van der Waals surface area (Å²) in [5.41, 5.74) is 1.32. The van der Waals surface area contributed by atoms with Gasteiger partial charge in [-0.1, -0.05) is 74.4 Å². The van der Waals surface area contributed by atoms with Crippen LogP contribution >= 0.6 is 0 Å². The van der Waals surface area contributed by atoms with Crippen molar-refractivity contribution in [3.63, 3.8) is 0 Å². The second-order valence-corrected chi connectivity index (χ2v) is 4.00. The lowest BCUT2D eigenvalue weighted by atomic mass is 10.0. The molecule has 16 heavy (non-hydrogen) atoms. The van der Waals surface area contributed by atoms with E-state index in [1.54, 1.807) is 6.07 Å². The van der Waals surface area contributed by atoms with Gasteiger partial charge in [0.15, 0.2) is 0 Å². The van der Waals surface area contributed by atoms with Gasteiger partial charge < -0.3 is 0 Å². The fraction of sp³-hybridized carbons (Fsp3) is 0.533. The first-order valence-electron chi connectivity index (χ1n) is 6.13. The Kier molecular flexibility index (Phi) is 10.8. The van der Waals surface area contributed by atoms with Crippen LogP contribution in [0.4, 0.5) is 0 Å². The first-order chi connectivity index (χ1) is 7.81. The van der Waals surface area contributed by atoms with Crippen molar-refractivity contribution in [1.82, 2.24) is 0 Å². The smallest absolute Gasteiger partial charge is 0.0587 e. The van der Waals surface area contributed by atoms with Gasteiger partial charge in [0.05, 0.1) is 6.07 Å². The number of nitrogens with zero attached hydrogens (tertiary/aromatic N) is 1. The van der Waals surface area contributed by atoms with Crippen LogP contribution in [0.2, 0.25) is 0 Å². The molecule has 1 aromatic carbocycles. The van der Waals surface area contributed by atoms with Gasteiger partial charge in [-0.25, -0.2) is 0 Å². The number of aryl methyl sites for hydroxylation is 1. The van der Waals surface area contributed by atoms with Gasteiger partial charge in [0, 0.05) is 6.92 Å². The van der Waals surface area contributed by atoms with E-state index in [9.17, 15) is 0 Å². The Morgan fingerprint density at radius 2 is 1.19 bits per heavy atom. The summed E-state index contributed by atoms with van der Waals surface area (Å²) in [7, 11) is 0. The van der Waals surface area contributed by atoms with Crippen LogP contribution < -0.4 is 0 Å². The number of benzene rings is 1. The molecule has 0 bridgehead atoms. The standard InChI is InChI=1S/C7H8.C6H12.C2H3N/c1-7-5-3-2-4-6-7;1-2-4-6-5-3-1;1-2-3/h2-6H,1H3;1-6H2;1H3. The molecule has 0 radical (unpaired) electrons. The normalized spacial score (nSPS) is 13.3. The lowest BCUT2D eigenvalue weighted by Gasteiger charge is -2.05. The van der Waals surface area contributed by atoms with Crippen molar-refractivity contribution in [2.45, 2.75) is 52.4 Å². The number of hydrogen-bond acceptors (Lipinski definition) is 1. The maximum atomic E-state index is 7.32. The Morgan fingerprint density at radius 3 is 1.38 bits per heavy atom. The summed E-state index contributed by atoms with van der Waals surface area (Å²) in [6, 6.07) is 12.0. The molecule has 0 heterocycles. The van der Waals surface area contributed by atoms with Crippen LogP contribution in [0.1, 0.15) is 51.0 Å². The maximum Gasteiger partial charge on any atom is 0.0587 e. The molecule has 0 aliphatic heterocycles. The summed E-state index contributed by atoms with van der Waals surface area (Å²) < 4.78 is 0. The van der Waals surface area contributed by atoms with Crippen LogP contribution in [0, 0.1) is 18.3 Å². The largest absolute Gasteiger partial charge is 0.199 e. The average Bonchev–Trinajstić information content (AvgIpc) is 2.34. The molecule has 0 spiro atoms. The predicted molar refractivity (Wildman–Crippen MR) is 70.2 cm³/mol. The van der Waals surface area contributed by atoms with E-state index in [1.165, 1.54) is 51.0 Å². The van der Waals surface area contributed by atoms with Crippen molar-refractivity contribution >= 4 is 0 Å². The van der Waals surface area contributed by atoms with Crippen LogP contribution in [0.3, 0.4) is 0 Å². The van der Waals surface area contributed by atoms with Crippen molar-refractivity contribution in [2.75, 3.05) is 0 Å². The highest BCUT2D eigenvalue weighted by Gasteiger charge is 1.95. The minimum Gasteiger partial charge on any atom is -0.199 e. The Labute approximate surface area is 100 Å². The molecular formula is C15H23N. The van der Waals surface area contributed by atoms with Crippen LogP contribution in [0.25, 0.3) is 0 Å². The topological polar surface area (TPSA) is 23.8 Å². The Balaban J connectivity index is 0.000000230. The highest BCUT2D eigenvalue weighted by atomic mass is 14.2. The zero-order chi connectivity index (χ0) is 12.1. The zero-order valence-corrected chi connectivity index (χ0v) is 10.6. The summed E-state index contributed by atoms with van der Waals surface area (Å²) in [5, 5.41) is 7.32. The third-order valence-corrected chi connectivity index (χ3v) is 2.44. The van der Waals surface area contributed by atoms with E-state index >= 15 is 0 Å². The van der Waals surface area contributed by atoms with Crippen LogP contribution in [0.5, 0.6) is 0 Å². The van der Waals surface area contributed by atoms with Crippen molar-refractivity contribution < 1.29 is 0 Å².